The van der Waals surface area contributed by atoms with Crippen LogP contribution in [0.3, 0.4) is 0 Å². The zero-order chi connectivity index (χ0) is 9.14. The standard InChI is InChI=1S/C9H12BrNO/c1-6-3-4-8(10)9(12)7(6)5-11-2/h3-4,11-12H,5H2,1-2H3. The number of phenolic OH excluding ortho intramolecular Hbond substituents is 1. The Morgan fingerprint density at radius 2 is 2.17 bits per heavy atom. The van der Waals surface area contributed by atoms with Crippen molar-refractivity contribution >= 4 is 15.9 Å². The van der Waals surface area contributed by atoms with E-state index in [1.54, 1.807) is 0 Å². The highest BCUT2D eigenvalue weighted by molar-refractivity contribution is 9.10. The van der Waals surface area contributed by atoms with E-state index in [0.717, 1.165) is 15.6 Å². The van der Waals surface area contributed by atoms with Crippen LogP contribution in [0.25, 0.3) is 0 Å². The second-order valence-electron chi connectivity index (χ2n) is 2.72. The number of rotatable bonds is 2. The molecule has 0 atom stereocenters. The topological polar surface area (TPSA) is 32.3 Å². The van der Waals surface area contributed by atoms with Crippen molar-refractivity contribution in [3.63, 3.8) is 0 Å². The van der Waals surface area contributed by atoms with Crippen molar-refractivity contribution in [2.75, 3.05) is 7.05 Å². The van der Waals surface area contributed by atoms with E-state index >= 15 is 0 Å². The zero-order valence-electron chi connectivity index (χ0n) is 7.19. The lowest BCUT2D eigenvalue weighted by atomic mass is 10.1. The molecule has 1 aromatic rings. The third kappa shape index (κ3) is 1.79. The molecule has 0 aliphatic heterocycles. The Morgan fingerprint density at radius 1 is 1.50 bits per heavy atom. The molecule has 12 heavy (non-hydrogen) atoms. The molecule has 0 aromatic heterocycles. The molecule has 0 saturated heterocycles. The van der Waals surface area contributed by atoms with Crippen LogP contribution in [0.1, 0.15) is 11.1 Å². The van der Waals surface area contributed by atoms with Gasteiger partial charge in [0.2, 0.25) is 0 Å². The smallest absolute Gasteiger partial charge is 0.134 e. The number of halogens is 1. The number of benzene rings is 1. The van der Waals surface area contributed by atoms with E-state index in [1.807, 2.05) is 26.1 Å². The fourth-order valence-electron chi connectivity index (χ4n) is 1.11. The van der Waals surface area contributed by atoms with Crippen LogP contribution < -0.4 is 5.32 Å². The normalized spacial score (nSPS) is 10.2. The van der Waals surface area contributed by atoms with E-state index < -0.39 is 0 Å². The molecule has 0 radical (unpaired) electrons. The third-order valence-electron chi connectivity index (χ3n) is 1.82. The molecule has 0 fully saturated rings. The summed E-state index contributed by atoms with van der Waals surface area (Å²) in [5.41, 5.74) is 2.05. The average Bonchev–Trinajstić information content (AvgIpc) is 2.06. The minimum Gasteiger partial charge on any atom is -0.506 e. The van der Waals surface area contributed by atoms with Gasteiger partial charge in [0.05, 0.1) is 4.47 Å². The SMILES string of the molecule is CNCc1c(C)ccc(Br)c1O. The first-order valence-electron chi connectivity index (χ1n) is 3.78. The molecular weight excluding hydrogens is 218 g/mol. The Morgan fingerprint density at radius 3 is 2.75 bits per heavy atom. The van der Waals surface area contributed by atoms with E-state index in [0.29, 0.717) is 12.3 Å². The van der Waals surface area contributed by atoms with Crippen molar-refractivity contribution in [3.8, 4) is 5.75 Å². The number of aromatic hydroxyl groups is 1. The van der Waals surface area contributed by atoms with E-state index in [4.69, 9.17) is 0 Å². The Hall–Kier alpha value is -0.540. The summed E-state index contributed by atoms with van der Waals surface area (Å²) in [4.78, 5) is 0. The van der Waals surface area contributed by atoms with Crippen molar-refractivity contribution in [2.24, 2.45) is 0 Å². The van der Waals surface area contributed by atoms with Gasteiger partial charge in [-0.05, 0) is 41.5 Å². The summed E-state index contributed by atoms with van der Waals surface area (Å²) in [5.74, 6) is 0.337. The molecule has 0 aliphatic carbocycles. The van der Waals surface area contributed by atoms with Gasteiger partial charge in [-0.2, -0.15) is 0 Å². The lowest BCUT2D eigenvalue weighted by Crippen LogP contribution is -2.06. The van der Waals surface area contributed by atoms with Crippen LogP contribution in [0.5, 0.6) is 5.75 Å². The van der Waals surface area contributed by atoms with E-state index in [1.165, 1.54) is 0 Å². The molecule has 2 N–H and O–H groups in total. The van der Waals surface area contributed by atoms with Gasteiger partial charge in [-0.15, -0.1) is 0 Å². The van der Waals surface area contributed by atoms with Crippen molar-refractivity contribution in [1.29, 1.82) is 0 Å². The summed E-state index contributed by atoms with van der Waals surface area (Å²) in [6.45, 7) is 2.68. The Kier molecular flexibility index (Phi) is 3.12. The first-order valence-corrected chi connectivity index (χ1v) is 4.57. The largest absolute Gasteiger partial charge is 0.506 e. The van der Waals surface area contributed by atoms with Crippen LogP contribution in [0.2, 0.25) is 0 Å². The van der Waals surface area contributed by atoms with Gasteiger partial charge in [0.1, 0.15) is 5.75 Å². The van der Waals surface area contributed by atoms with Gasteiger partial charge in [-0.25, -0.2) is 0 Å². The monoisotopic (exact) mass is 229 g/mol. The van der Waals surface area contributed by atoms with Gasteiger partial charge in [0.25, 0.3) is 0 Å². The summed E-state index contributed by atoms with van der Waals surface area (Å²) in [5, 5.41) is 12.6. The first kappa shape index (κ1) is 9.55. The van der Waals surface area contributed by atoms with Gasteiger partial charge in [-0.3, -0.25) is 0 Å². The lowest BCUT2D eigenvalue weighted by Gasteiger charge is -2.08. The fraction of sp³-hybridized carbons (Fsp3) is 0.333. The average molecular weight is 230 g/mol. The molecule has 0 amide bonds. The van der Waals surface area contributed by atoms with Crippen LogP contribution in [0.15, 0.2) is 16.6 Å². The van der Waals surface area contributed by atoms with Crippen molar-refractivity contribution in [1.82, 2.24) is 5.32 Å². The molecule has 1 aromatic carbocycles. The molecule has 1 rings (SSSR count). The van der Waals surface area contributed by atoms with E-state index in [2.05, 4.69) is 21.2 Å². The lowest BCUT2D eigenvalue weighted by molar-refractivity contribution is 0.462. The Balaban J connectivity index is 3.14. The highest BCUT2D eigenvalue weighted by Gasteiger charge is 2.06. The molecule has 0 unspecified atom stereocenters. The maximum absolute atomic E-state index is 9.62. The first-order chi connectivity index (χ1) is 5.66. The van der Waals surface area contributed by atoms with Crippen LogP contribution in [0.4, 0.5) is 0 Å². The van der Waals surface area contributed by atoms with Crippen LogP contribution in [-0.4, -0.2) is 12.2 Å². The van der Waals surface area contributed by atoms with Gasteiger partial charge >= 0.3 is 0 Å². The number of aryl methyl sites for hydroxylation is 1. The maximum Gasteiger partial charge on any atom is 0.134 e. The predicted octanol–water partition coefficient (Wildman–Crippen LogP) is 2.18. The van der Waals surface area contributed by atoms with E-state index in [-0.39, 0.29) is 0 Å². The maximum atomic E-state index is 9.62. The van der Waals surface area contributed by atoms with Gasteiger partial charge in [0, 0.05) is 12.1 Å². The molecule has 66 valence electrons. The predicted molar refractivity (Wildman–Crippen MR) is 53.3 cm³/mol. The molecular formula is C9H12BrNO. The van der Waals surface area contributed by atoms with Crippen molar-refractivity contribution in [2.45, 2.75) is 13.5 Å². The second kappa shape index (κ2) is 3.92. The summed E-state index contributed by atoms with van der Waals surface area (Å²) < 4.78 is 0.748. The van der Waals surface area contributed by atoms with Crippen LogP contribution in [0, 0.1) is 6.92 Å². The summed E-state index contributed by atoms with van der Waals surface area (Å²) in [7, 11) is 1.86. The third-order valence-corrected chi connectivity index (χ3v) is 2.46. The molecule has 0 aliphatic rings. The number of hydrogen-bond acceptors (Lipinski definition) is 2. The molecule has 2 nitrogen and oxygen atoms in total. The molecule has 0 bridgehead atoms. The summed E-state index contributed by atoms with van der Waals surface area (Å²) in [6, 6.07) is 3.83. The molecule has 0 spiro atoms. The number of phenols is 1. The Labute approximate surface area is 80.7 Å². The Bertz CT molecular complexity index is 286. The summed E-state index contributed by atoms with van der Waals surface area (Å²) in [6.07, 6.45) is 0. The number of hydrogen-bond donors (Lipinski definition) is 2. The van der Waals surface area contributed by atoms with Crippen LogP contribution >= 0.6 is 15.9 Å². The van der Waals surface area contributed by atoms with E-state index in [9.17, 15) is 5.11 Å². The fourth-order valence-corrected chi connectivity index (χ4v) is 1.48. The minimum absolute atomic E-state index is 0.337. The molecule has 0 saturated carbocycles. The minimum atomic E-state index is 0.337. The molecule has 3 heteroatoms. The van der Waals surface area contributed by atoms with Gasteiger partial charge < -0.3 is 10.4 Å². The second-order valence-corrected chi connectivity index (χ2v) is 3.58. The number of nitrogens with one attached hydrogen (secondary N) is 1. The highest BCUT2D eigenvalue weighted by Crippen LogP contribution is 2.29. The van der Waals surface area contributed by atoms with Gasteiger partial charge in [-0.1, -0.05) is 6.07 Å². The van der Waals surface area contributed by atoms with Crippen molar-refractivity contribution < 1.29 is 5.11 Å². The quantitative estimate of drug-likeness (QED) is 0.816. The van der Waals surface area contributed by atoms with Crippen molar-refractivity contribution in [3.05, 3.63) is 27.7 Å². The molecule has 0 heterocycles. The highest BCUT2D eigenvalue weighted by atomic mass is 79.9. The zero-order valence-corrected chi connectivity index (χ0v) is 8.77. The summed E-state index contributed by atoms with van der Waals surface area (Å²) >= 11 is 3.27. The van der Waals surface area contributed by atoms with Gasteiger partial charge in [0.15, 0.2) is 0 Å². The van der Waals surface area contributed by atoms with Crippen LogP contribution in [-0.2, 0) is 6.54 Å².